The van der Waals surface area contributed by atoms with E-state index in [0.717, 1.165) is 6.54 Å². The predicted molar refractivity (Wildman–Crippen MR) is 64.9 cm³/mol. The minimum absolute atomic E-state index is 0.585. The normalized spacial score (nSPS) is 21.1. The molecule has 0 saturated carbocycles. The fourth-order valence-electron chi connectivity index (χ4n) is 1.77. The van der Waals surface area contributed by atoms with Crippen molar-refractivity contribution in [3.63, 3.8) is 0 Å². The van der Waals surface area contributed by atoms with Crippen molar-refractivity contribution in [2.75, 3.05) is 6.54 Å². The molecule has 1 nitrogen and oxygen atoms in total. The van der Waals surface area contributed by atoms with Gasteiger partial charge in [0.1, 0.15) is 0 Å². The van der Waals surface area contributed by atoms with E-state index in [1.807, 2.05) is 11.3 Å². The SMILES string of the molecule is Brc1c([C@@H]2CCN2)sc2ccccc12. The Morgan fingerprint density at radius 3 is 2.79 bits per heavy atom. The molecule has 2 heterocycles. The summed E-state index contributed by atoms with van der Waals surface area (Å²) < 4.78 is 2.67. The molecule has 3 heteroatoms. The fourth-order valence-corrected chi connectivity index (χ4v) is 3.97. The van der Waals surface area contributed by atoms with Crippen LogP contribution >= 0.6 is 27.3 Å². The van der Waals surface area contributed by atoms with Gasteiger partial charge >= 0.3 is 0 Å². The molecule has 1 aliphatic rings. The van der Waals surface area contributed by atoms with E-state index in [9.17, 15) is 0 Å². The molecular weight excluding hydrogens is 258 g/mol. The van der Waals surface area contributed by atoms with E-state index in [0.29, 0.717) is 6.04 Å². The highest BCUT2D eigenvalue weighted by Gasteiger charge is 2.23. The topological polar surface area (TPSA) is 12.0 Å². The standard InChI is InChI=1S/C11H10BrNS/c12-10-7-3-1-2-4-9(7)14-11(10)8-5-6-13-8/h1-4,8,13H,5-6H2/t8-/m0/s1. The number of benzene rings is 1. The largest absolute Gasteiger partial charge is 0.309 e. The second-order valence-corrected chi connectivity index (χ2v) is 5.45. The number of halogens is 1. The molecule has 1 saturated heterocycles. The Morgan fingerprint density at radius 2 is 2.14 bits per heavy atom. The molecule has 0 radical (unpaired) electrons. The summed E-state index contributed by atoms with van der Waals surface area (Å²) in [6, 6.07) is 9.15. The Balaban J connectivity index is 2.19. The summed E-state index contributed by atoms with van der Waals surface area (Å²) in [7, 11) is 0. The number of fused-ring (bicyclic) bond motifs is 1. The molecule has 3 rings (SSSR count). The van der Waals surface area contributed by atoms with Crippen LogP contribution in [0.25, 0.3) is 10.1 Å². The number of hydrogen-bond acceptors (Lipinski definition) is 2. The third-order valence-electron chi connectivity index (χ3n) is 2.70. The summed E-state index contributed by atoms with van der Waals surface area (Å²) in [5, 5.41) is 4.79. The highest BCUT2D eigenvalue weighted by Crippen LogP contribution is 2.41. The summed E-state index contributed by atoms with van der Waals surface area (Å²) in [5.74, 6) is 0. The molecule has 1 aromatic heterocycles. The van der Waals surface area contributed by atoms with E-state index in [1.54, 1.807) is 0 Å². The van der Waals surface area contributed by atoms with Gasteiger partial charge in [0.05, 0.1) is 0 Å². The van der Waals surface area contributed by atoms with Crippen molar-refractivity contribution in [2.24, 2.45) is 0 Å². The Hall–Kier alpha value is -0.380. The van der Waals surface area contributed by atoms with Crippen molar-refractivity contribution in [3.05, 3.63) is 33.6 Å². The van der Waals surface area contributed by atoms with Gasteiger partial charge in [0.15, 0.2) is 0 Å². The Morgan fingerprint density at radius 1 is 1.36 bits per heavy atom. The third kappa shape index (κ3) is 1.23. The van der Waals surface area contributed by atoms with Gasteiger partial charge in [-0.3, -0.25) is 0 Å². The zero-order valence-corrected chi connectivity index (χ0v) is 9.99. The third-order valence-corrected chi connectivity index (χ3v) is 5.10. The van der Waals surface area contributed by atoms with E-state index in [1.165, 1.54) is 25.9 Å². The van der Waals surface area contributed by atoms with Gasteiger partial charge < -0.3 is 5.32 Å². The molecule has 72 valence electrons. The van der Waals surface area contributed by atoms with Gasteiger partial charge in [-0.2, -0.15) is 0 Å². The summed E-state index contributed by atoms with van der Waals surface area (Å²) >= 11 is 5.60. The fraction of sp³-hybridized carbons (Fsp3) is 0.273. The van der Waals surface area contributed by atoms with E-state index >= 15 is 0 Å². The second-order valence-electron chi connectivity index (χ2n) is 3.57. The molecule has 2 aromatic rings. The summed E-state index contributed by atoms with van der Waals surface area (Å²) in [4.78, 5) is 1.46. The number of thiophene rings is 1. The molecule has 1 aromatic carbocycles. The highest BCUT2D eigenvalue weighted by atomic mass is 79.9. The molecule has 0 unspecified atom stereocenters. The van der Waals surface area contributed by atoms with Crippen LogP contribution in [0.2, 0.25) is 0 Å². The minimum Gasteiger partial charge on any atom is -0.309 e. The molecule has 1 aliphatic heterocycles. The molecule has 1 atom stereocenters. The Kier molecular flexibility index (Phi) is 2.11. The van der Waals surface area contributed by atoms with Crippen molar-refractivity contribution in [2.45, 2.75) is 12.5 Å². The summed E-state index contributed by atoms with van der Waals surface area (Å²) in [6.45, 7) is 1.16. The average Bonchev–Trinajstić information content (AvgIpc) is 2.43. The monoisotopic (exact) mass is 267 g/mol. The van der Waals surface area contributed by atoms with Crippen molar-refractivity contribution < 1.29 is 0 Å². The van der Waals surface area contributed by atoms with Crippen LogP contribution < -0.4 is 5.32 Å². The summed E-state index contributed by atoms with van der Waals surface area (Å²) in [5.41, 5.74) is 0. The first-order valence-corrected chi connectivity index (χ1v) is 6.37. The van der Waals surface area contributed by atoms with Gasteiger partial charge in [-0.05, 0) is 35.0 Å². The van der Waals surface area contributed by atoms with Gasteiger partial charge in [-0.15, -0.1) is 11.3 Å². The van der Waals surface area contributed by atoms with E-state index in [-0.39, 0.29) is 0 Å². The zero-order valence-electron chi connectivity index (χ0n) is 7.59. The van der Waals surface area contributed by atoms with Crippen molar-refractivity contribution in [1.82, 2.24) is 5.32 Å². The quantitative estimate of drug-likeness (QED) is 0.831. The van der Waals surface area contributed by atoms with E-state index in [4.69, 9.17) is 0 Å². The first-order chi connectivity index (χ1) is 6.86. The maximum absolute atomic E-state index is 3.70. The highest BCUT2D eigenvalue weighted by molar-refractivity contribution is 9.10. The maximum Gasteiger partial charge on any atom is 0.0438 e. The lowest BCUT2D eigenvalue weighted by atomic mass is 10.1. The van der Waals surface area contributed by atoms with Crippen LogP contribution in [0, 0.1) is 0 Å². The lowest BCUT2D eigenvalue weighted by Crippen LogP contribution is -2.34. The molecule has 0 aliphatic carbocycles. The first-order valence-electron chi connectivity index (χ1n) is 4.76. The van der Waals surface area contributed by atoms with Crippen molar-refractivity contribution in [3.8, 4) is 0 Å². The van der Waals surface area contributed by atoms with Crippen molar-refractivity contribution >= 4 is 37.4 Å². The number of rotatable bonds is 1. The Labute approximate surface area is 95.3 Å². The van der Waals surface area contributed by atoms with Gasteiger partial charge in [0, 0.05) is 25.5 Å². The Bertz CT molecular complexity index is 473. The second kappa shape index (κ2) is 3.33. The van der Waals surface area contributed by atoms with Gasteiger partial charge in [0.25, 0.3) is 0 Å². The van der Waals surface area contributed by atoms with Crippen LogP contribution in [0.5, 0.6) is 0 Å². The van der Waals surface area contributed by atoms with Crippen molar-refractivity contribution in [1.29, 1.82) is 0 Å². The molecule has 0 bridgehead atoms. The van der Waals surface area contributed by atoms with Crippen LogP contribution in [0.3, 0.4) is 0 Å². The van der Waals surface area contributed by atoms with Crippen LogP contribution in [0.4, 0.5) is 0 Å². The molecule has 0 spiro atoms. The first kappa shape index (κ1) is 8.89. The minimum atomic E-state index is 0.585. The van der Waals surface area contributed by atoms with Crippen LogP contribution in [-0.4, -0.2) is 6.54 Å². The number of hydrogen-bond donors (Lipinski definition) is 1. The van der Waals surface area contributed by atoms with Crippen LogP contribution in [0.1, 0.15) is 17.3 Å². The average molecular weight is 268 g/mol. The molecule has 1 N–H and O–H groups in total. The van der Waals surface area contributed by atoms with E-state index < -0.39 is 0 Å². The lowest BCUT2D eigenvalue weighted by Gasteiger charge is -2.26. The van der Waals surface area contributed by atoms with Gasteiger partial charge in [-0.25, -0.2) is 0 Å². The molecule has 0 amide bonds. The predicted octanol–water partition coefficient (Wildman–Crippen LogP) is 3.70. The van der Waals surface area contributed by atoms with Crippen LogP contribution in [0.15, 0.2) is 28.7 Å². The number of nitrogens with one attached hydrogen (secondary N) is 1. The molecule has 14 heavy (non-hydrogen) atoms. The van der Waals surface area contributed by atoms with Gasteiger partial charge in [-0.1, -0.05) is 18.2 Å². The smallest absolute Gasteiger partial charge is 0.0438 e. The van der Waals surface area contributed by atoms with E-state index in [2.05, 4.69) is 45.5 Å². The van der Waals surface area contributed by atoms with Gasteiger partial charge in [0.2, 0.25) is 0 Å². The van der Waals surface area contributed by atoms with Crippen LogP contribution in [-0.2, 0) is 0 Å². The molecule has 1 fully saturated rings. The molecular formula is C11H10BrNS. The zero-order chi connectivity index (χ0) is 9.54. The lowest BCUT2D eigenvalue weighted by molar-refractivity contribution is 0.388. The summed E-state index contributed by atoms with van der Waals surface area (Å²) in [6.07, 6.45) is 1.27. The maximum atomic E-state index is 3.70.